The smallest absolute Gasteiger partial charge is 0.275 e. The highest BCUT2D eigenvalue weighted by atomic mass is 31.0. The maximum Gasteiger partial charge on any atom is 0.275 e. The van der Waals surface area contributed by atoms with E-state index in [-0.39, 0.29) is 29.1 Å². The van der Waals surface area contributed by atoms with Crippen molar-refractivity contribution in [3.05, 3.63) is 51.5 Å². The second-order valence-electron chi connectivity index (χ2n) is 8.01. The zero-order chi connectivity index (χ0) is 21.4. The molecule has 0 aromatic carbocycles. The van der Waals surface area contributed by atoms with Gasteiger partial charge in [-0.05, 0) is 26.7 Å². The average Bonchev–Trinajstić information content (AvgIpc) is 3.33. The van der Waals surface area contributed by atoms with Crippen molar-refractivity contribution in [2.75, 3.05) is 19.6 Å². The van der Waals surface area contributed by atoms with Crippen molar-refractivity contribution in [1.29, 1.82) is 0 Å². The van der Waals surface area contributed by atoms with Gasteiger partial charge in [0.05, 0.1) is 16.0 Å². The number of amides is 2. The molecule has 0 saturated carbocycles. The van der Waals surface area contributed by atoms with Gasteiger partial charge in [-0.15, -0.1) is 0 Å². The van der Waals surface area contributed by atoms with E-state index in [1.165, 1.54) is 6.20 Å². The van der Waals surface area contributed by atoms with Gasteiger partial charge in [-0.3, -0.25) is 19.3 Å². The van der Waals surface area contributed by atoms with E-state index in [9.17, 15) is 14.4 Å². The number of carbonyl (C=O) groups is 2. The van der Waals surface area contributed by atoms with Gasteiger partial charge in [-0.25, -0.2) is 0 Å². The zero-order valence-corrected chi connectivity index (χ0v) is 18.4. The molecule has 2 amide bonds. The maximum atomic E-state index is 13.2. The van der Waals surface area contributed by atoms with Gasteiger partial charge in [0.2, 0.25) is 5.43 Å². The van der Waals surface area contributed by atoms with Crippen LogP contribution in [0.1, 0.15) is 47.5 Å². The summed E-state index contributed by atoms with van der Waals surface area (Å²) in [6, 6.07) is 0.371. The Morgan fingerprint density at radius 3 is 2.90 bits per heavy atom. The number of carbonyl (C=O) groups excluding carboxylic acids is 2. The van der Waals surface area contributed by atoms with Crippen LogP contribution in [0.15, 0.2) is 34.8 Å². The molecule has 4 rings (SSSR count). The molecule has 1 unspecified atom stereocenters. The predicted molar refractivity (Wildman–Crippen MR) is 116 cm³/mol. The van der Waals surface area contributed by atoms with Crippen molar-refractivity contribution in [1.82, 2.24) is 19.7 Å². The van der Waals surface area contributed by atoms with E-state index in [4.69, 9.17) is 4.52 Å². The molecule has 1 aromatic heterocycles. The molecular weight excluding hydrogens is 403 g/mol. The molecule has 0 aliphatic carbocycles. The number of hydrogen-bond acceptors (Lipinski definition) is 5. The summed E-state index contributed by atoms with van der Waals surface area (Å²) in [6.07, 6.45) is 9.36. The summed E-state index contributed by atoms with van der Waals surface area (Å²) in [7, 11) is 2.03. The summed E-state index contributed by atoms with van der Waals surface area (Å²) >= 11 is 0. The first-order valence-corrected chi connectivity index (χ1v) is 10.7. The highest BCUT2D eigenvalue weighted by Crippen LogP contribution is 2.35. The lowest BCUT2D eigenvalue weighted by Crippen LogP contribution is -2.50. The monoisotopic (exact) mass is 430 g/mol. The Kier molecular flexibility index (Phi) is 5.80. The van der Waals surface area contributed by atoms with E-state index in [1.54, 1.807) is 4.57 Å². The molecule has 4 heterocycles. The fraction of sp³-hybridized carbons (Fsp3) is 0.476. The van der Waals surface area contributed by atoms with Gasteiger partial charge >= 0.3 is 0 Å². The van der Waals surface area contributed by atoms with Crippen molar-refractivity contribution in [2.45, 2.75) is 45.4 Å². The van der Waals surface area contributed by atoms with Gasteiger partial charge in [0.25, 0.3) is 11.8 Å². The molecule has 8 nitrogen and oxygen atoms in total. The largest absolute Gasteiger partial charge is 0.474 e. The van der Waals surface area contributed by atoms with Crippen molar-refractivity contribution < 1.29 is 14.1 Å². The van der Waals surface area contributed by atoms with Gasteiger partial charge < -0.3 is 19.3 Å². The SMILES string of the molecule is C/C=C\C=C(/C)CNC(=O)c1cn2c(c(OP)c1=O)C(=O)N1C[C@H]3CCCN3[C@@H]1C2. The summed E-state index contributed by atoms with van der Waals surface area (Å²) in [5.74, 6) is -0.788. The zero-order valence-electron chi connectivity index (χ0n) is 17.3. The van der Waals surface area contributed by atoms with E-state index >= 15 is 0 Å². The number of fused-ring (bicyclic) bond motifs is 4. The van der Waals surface area contributed by atoms with Gasteiger partial charge in [0.15, 0.2) is 11.4 Å². The molecular formula is C21H27N4O4P. The van der Waals surface area contributed by atoms with Crippen molar-refractivity contribution in [3.8, 4) is 5.75 Å². The number of pyridine rings is 1. The topological polar surface area (TPSA) is 83.9 Å². The molecule has 2 fully saturated rings. The molecule has 3 atom stereocenters. The van der Waals surface area contributed by atoms with Crippen molar-refractivity contribution >= 4 is 21.3 Å². The minimum atomic E-state index is -0.574. The van der Waals surface area contributed by atoms with Crippen LogP contribution in [-0.4, -0.2) is 58.0 Å². The lowest BCUT2D eigenvalue weighted by atomic mass is 10.1. The van der Waals surface area contributed by atoms with Crippen molar-refractivity contribution in [2.24, 2.45) is 0 Å². The minimum absolute atomic E-state index is 0.0211. The molecule has 0 bridgehead atoms. The Labute approximate surface area is 177 Å². The third kappa shape index (κ3) is 3.48. The highest BCUT2D eigenvalue weighted by Gasteiger charge is 2.48. The van der Waals surface area contributed by atoms with Crippen LogP contribution in [0.25, 0.3) is 0 Å². The Morgan fingerprint density at radius 1 is 1.37 bits per heavy atom. The lowest BCUT2D eigenvalue weighted by Gasteiger charge is -2.36. The fourth-order valence-corrected chi connectivity index (χ4v) is 4.84. The fourth-order valence-electron chi connectivity index (χ4n) is 4.62. The van der Waals surface area contributed by atoms with E-state index in [0.29, 0.717) is 25.7 Å². The van der Waals surface area contributed by atoms with Crippen LogP contribution in [-0.2, 0) is 6.54 Å². The van der Waals surface area contributed by atoms with Crippen molar-refractivity contribution in [3.63, 3.8) is 0 Å². The van der Waals surface area contributed by atoms with Gasteiger partial charge in [0, 0.05) is 31.9 Å². The first-order valence-electron chi connectivity index (χ1n) is 10.2. The number of allylic oxidation sites excluding steroid dienone is 3. The first-order chi connectivity index (χ1) is 14.5. The minimum Gasteiger partial charge on any atom is -0.474 e. The van der Waals surface area contributed by atoms with E-state index in [1.807, 2.05) is 46.4 Å². The Hall–Kier alpha value is -2.44. The molecule has 0 radical (unpaired) electrons. The van der Waals surface area contributed by atoms with Crippen LogP contribution in [0, 0.1) is 0 Å². The first kappa shape index (κ1) is 20.8. The summed E-state index contributed by atoms with van der Waals surface area (Å²) in [4.78, 5) is 43.1. The highest BCUT2D eigenvalue weighted by molar-refractivity contribution is 7.10. The number of hydrogen-bond donors (Lipinski definition) is 1. The summed E-state index contributed by atoms with van der Waals surface area (Å²) in [6.45, 7) is 6.29. The number of nitrogens with one attached hydrogen (secondary N) is 1. The lowest BCUT2D eigenvalue weighted by molar-refractivity contribution is 0.0516. The molecule has 3 aliphatic rings. The molecule has 3 aliphatic heterocycles. The maximum absolute atomic E-state index is 13.2. The quantitative estimate of drug-likeness (QED) is 0.566. The van der Waals surface area contributed by atoms with E-state index in [2.05, 4.69) is 10.2 Å². The van der Waals surface area contributed by atoms with Crippen LogP contribution < -0.4 is 15.3 Å². The molecule has 1 aromatic rings. The number of rotatable bonds is 5. The summed E-state index contributed by atoms with van der Waals surface area (Å²) in [5, 5.41) is 2.78. The summed E-state index contributed by atoms with van der Waals surface area (Å²) < 4.78 is 6.96. The van der Waals surface area contributed by atoms with Crippen LogP contribution in [0.3, 0.4) is 0 Å². The molecule has 160 valence electrons. The van der Waals surface area contributed by atoms with Gasteiger partial charge in [-0.1, -0.05) is 23.8 Å². The molecule has 1 N–H and O–H groups in total. The Balaban J connectivity index is 1.66. The normalized spacial score (nSPS) is 23.5. The second kappa shape index (κ2) is 8.36. The third-order valence-electron chi connectivity index (χ3n) is 6.10. The van der Waals surface area contributed by atoms with E-state index < -0.39 is 11.3 Å². The number of nitrogens with zero attached hydrogens (tertiary/aromatic N) is 3. The average molecular weight is 430 g/mol. The second-order valence-corrected chi connectivity index (χ2v) is 8.25. The van der Waals surface area contributed by atoms with Crippen LogP contribution >= 0.6 is 9.47 Å². The predicted octanol–water partition coefficient (Wildman–Crippen LogP) is 1.53. The van der Waals surface area contributed by atoms with Crippen LogP contribution in [0.5, 0.6) is 5.75 Å². The summed E-state index contributed by atoms with van der Waals surface area (Å²) in [5.41, 5.74) is 0.578. The number of aromatic nitrogens is 1. The van der Waals surface area contributed by atoms with Crippen LogP contribution in [0.4, 0.5) is 0 Å². The van der Waals surface area contributed by atoms with Gasteiger partial charge in [-0.2, -0.15) is 0 Å². The van der Waals surface area contributed by atoms with Crippen LogP contribution in [0.2, 0.25) is 0 Å². The van der Waals surface area contributed by atoms with E-state index in [0.717, 1.165) is 25.0 Å². The standard InChI is InChI=1S/C21H27N4O4P/c1-3-4-6-13(2)9-22-20(27)15-11-23-12-16-24-8-5-7-14(24)10-25(16)21(28)17(23)19(29-30)18(15)26/h3-4,6,11,14,16H,5,7-10,12,30H2,1-2H3,(H,22,27)/b4-3-,13-6+/t14-,16+/m1/s1. The molecule has 30 heavy (non-hydrogen) atoms. The molecule has 9 heteroatoms. The third-order valence-corrected chi connectivity index (χ3v) is 6.33. The Morgan fingerprint density at radius 2 is 2.17 bits per heavy atom. The molecule has 2 saturated heterocycles. The Bertz CT molecular complexity index is 999. The molecule has 0 spiro atoms. The van der Waals surface area contributed by atoms with Gasteiger partial charge in [0.1, 0.15) is 11.7 Å².